The topological polar surface area (TPSA) is 50.2 Å². The zero-order chi connectivity index (χ0) is 16.2. The van der Waals surface area contributed by atoms with Crippen molar-refractivity contribution in [2.45, 2.75) is 6.92 Å². The molecule has 0 amide bonds. The number of carbonyl (C=O) groups is 1. The number of aryl methyl sites for hydroxylation is 1. The summed E-state index contributed by atoms with van der Waals surface area (Å²) in [5.74, 6) is -0.806. The molecule has 0 bridgehead atoms. The van der Waals surface area contributed by atoms with E-state index in [0.717, 1.165) is 25.7 Å². The van der Waals surface area contributed by atoms with Crippen molar-refractivity contribution in [2.24, 2.45) is 0 Å². The highest BCUT2D eigenvalue weighted by molar-refractivity contribution is 8.09. The van der Waals surface area contributed by atoms with Crippen molar-refractivity contribution in [3.8, 4) is 0 Å². The van der Waals surface area contributed by atoms with Crippen LogP contribution in [0.5, 0.6) is 0 Å². The Bertz CT molecular complexity index is 850. The summed E-state index contributed by atoms with van der Waals surface area (Å²) in [5, 5.41) is 9.85. The number of thioether (sulfide) groups is 1. The van der Waals surface area contributed by atoms with Gasteiger partial charge in [0.15, 0.2) is 0 Å². The molecule has 5 heteroatoms. The number of hydrogen-bond acceptors (Lipinski definition) is 4. The van der Waals surface area contributed by atoms with Crippen molar-refractivity contribution in [1.82, 2.24) is 4.98 Å². The molecule has 0 spiro atoms. The zero-order valence-electron chi connectivity index (χ0n) is 12.5. The van der Waals surface area contributed by atoms with Crippen LogP contribution < -0.4 is 0 Å². The number of hydrogen-bond donors (Lipinski definition) is 1. The van der Waals surface area contributed by atoms with Gasteiger partial charge >= 0.3 is 5.97 Å². The summed E-state index contributed by atoms with van der Waals surface area (Å²) in [6.45, 7) is 2.04. The number of aliphatic carboxylic acids is 1. The Labute approximate surface area is 142 Å². The molecular formula is C18H15NO2S2. The van der Waals surface area contributed by atoms with Gasteiger partial charge in [-0.05, 0) is 30.7 Å². The fourth-order valence-electron chi connectivity index (χ4n) is 2.19. The minimum Gasteiger partial charge on any atom is -0.481 e. The van der Waals surface area contributed by atoms with Gasteiger partial charge in [-0.1, -0.05) is 42.0 Å². The third-order valence-electron chi connectivity index (χ3n) is 3.20. The summed E-state index contributed by atoms with van der Waals surface area (Å²) in [6.07, 6.45) is 2.01. The van der Waals surface area contributed by atoms with Gasteiger partial charge in [-0.25, -0.2) is 4.98 Å². The van der Waals surface area contributed by atoms with Crippen LogP contribution in [0.15, 0.2) is 48.5 Å². The van der Waals surface area contributed by atoms with Crippen LogP contribution in [0, 0.1) is 6.92 Å². The first-order valence-electron chi connectivity index (χ1n) is 7.11. The van der Waals surface area contributed by atoms with Crippen LogP contribution >= 0.6 is 23.1 Å². The molecule has 0 aliphatic carbocycles. The molecule has 0 aliphatic heterocycles. The van der Waals surface area contributed by atoms with Gasteiger partial charge in [-0.3, -0.25) is 4.79 Å². The summed E-state index contributed by atoms with van der Waals surface area (Å²) >= 11 is 2.90. The number of thiazole rings is 1. The highest BCUT2D eigenvalue weighted by Gasteiger charge is 2.11. The second-order valence-corrected chi connectivity index (χ2v) is 7.14. The molecule has 23 heavy (non-hydrogen) atoms. The molecule has 3 aromatic rings. The van der Waals surface area contributed by atoms with Crippen LogP contribution in [0.25, 0.3) is 21.2 Å². The number of aromatic nitrogens is 1. The Balaban J connectivity index is 2.02. The third-order valence-corrected chi connectivity index (χ3v) is 5.41. The fraction of sp³-hybridized carbons (Fsp3) is 0.111. The van der Waals surface area contributed by atoms with E-state index in [9.17, 15) is 4.79 Å². The van der Waals surface area contributed by atoms with Crippen LogP contribution in [0.4, 0.5) is 0 Å². The average molecular weight is 341 g/mol. The lowest BCUT2D eigenvalue weighted by Gasteiger charge is -2.03. The van der Waals surface area contributed by atoms with Gasteiger partial charge in [0, 0.05) is 4.91 Å². The Morgan fingerprint density at radius 1 is 1.26 bits per heavy atom. The van der Waals surface area contributed by atoms with Gasteiger partial charge in [0.05, 0.1) is 16.0 Å². The largest absolute Gasteiger partial charge is 0.481 e. The molecule has 0 unspecified atom stereocenters. The number of fused-ring (bicyclic) bond motifs is 1. The molecule has 0 fully saturated rings. The maximum absolute atomic E-state index is 10.9. The molecule has 3 rings (SSSR count). The van der Waals surface area contributed by atoms with Crippen molar-refractivity contribution in [3.05, 3.63) is 64.7 Å². The molecule has 2 aromatic carbocycles. The van der Waals surface area contributed by atoms with Crippen molar-refractivity contribution >= 4 is 50.3 Å². The lowest BCUT2D eigenvalue weighted by molar-refractivity contribution is -0.133. The lowest BCUT2D eigenvalue weighted by atomic mass is 10.1. The van der Waals surface area contributed by atoms with Crippen molar-refractivity contribution in [2.75, 3.05) is 5.75 Å². The first-order valence-corrected chi connectivity index (χ1v) is 8.91. The van der Waals surface area contributed by atoms with Crippen LogP contribution in [-0.2, 0) is 4.79 Å². The van der Waals surface area contributed by atoms with Gasteiger partial charge in [0.25, 0.3) is 0 Å². The van der Waals surface area contributed by atoms with E-state index in [1.54, 1.807) is 11.3 Å². The predicted molar refractivity (Wildman–Crippen MR) is 98.8 cm³/mol. The van der Waals surface area contributed by atoms with Crippen LogP contribution in [0.2, 0.25) is 0 Å². The van der Waals surface area contributed by atoms with Crippen molar-refractivity contribution in [3.63, 3.8) is 0 Å². The number of nitrogens with zero attached hydrogens (tertiary/aromatic N) is 1. The zero-order valence-corrected chi connectivity index (χ0v) is 14.2. The van der Waals surface area contributed by atoms with E-state index in [1.165, 1.54) is 17.3 Å². The maximum atomic E-state index is 10.9. The first-order chi connectivity index (χ1) is 11.1. The van der Waals surface area contributed by atoms with E-state index < -0.39 is 5.97 Å². The van der Waals surface area contributed by atoms with E-state index in [-0.39, 0.29) is 5.75 Å². The maximum Gasteiger partial charge on any atom is 0.313 e. The molecule has 1 aromatic heterocycles. The molecule has 3 nitrogen and oxygen atoms in total. The first kappa shape index (κ1) is 15.8. The monoisotopic (exact) mass is 341 g/mol. The summed E-state index contributed by atoms with van der Waals surface area (Å²) in [6, 6.07) is 16.1. The van der Waals surface area contributed by atoms with Gasteiger partial charge in [-0.2, -0.15) is 0 Å². The van der Waals surface area contributed by atoms with Crippen molar-refractivity contribution in [1.29, 1.82) is 0 Å². The molecule has 0 saturated heterocycles. The third kappa shape index (κ3) is 4.00. The van der Waals surface area contributed by atoms with E-state index >= 15 is 0 Å². The van der Waals surface area contributed by atoms with E-state index in [0.29, 0.717) is 0 Å². The number of rotatable bonds is 5. The molecule has 0 saturated carbocycles. The lowest BCUT2D eigenvalue weighted by Crippen LogP contribution is -1.98. The molecular weight excluding hydrogens is 326 g/mol. The van der Waals surface area contributed by atoms with E-state index in [2.05, 4.69) is 11.1 Å². The Morgan fingerprint density at radius 2 is 2.09 bits per heavy atom. The fourth-order valence-corrected chi connectivity index (χ4v) is 4.04. The molecule has 0 radical (unpaired) electrons. The molecule has 0 atom stereocenters. The Hall–Kier alpha value is -2.11. The predicted octanol–water partition coefficient (Wildman–Crippen LogP) is 4.92. The summed E-state index contributed by atoms with van der Waals surface area (Å²) < 4.78 is 1.11. The number of benzene rings is 2. The van der Waals surface area contributed by atoms with Crippen molar-refractivity contribution < 1.29 is 9.90 Å². The Morgan fingerprint density at radius 3 is 2.83 bits per heavy atom. The second-order valence-electron chi connectivity index (χ2n) is 5.09. The average Bonchev–Trinajstić information content (AvgIpc) is 2.95. The SMILES string of the molecule is Cc1cccc(/C=C(\SCC(=O)O)c2nc3ccccc3s2)c1. The quantitative estimate of drug-likeness (QED) is 0.715. The highest BCUT2D eigenvalue weighted by atomic mass is 32.2. The number of carboxylic acid groups (broad SMARTS) is 1. The van der Waals surface area contributed by atoms with E-state index in [1.807, 2.05) is 55.5 Å². The minimum atomic E-state index is -0.828. The minimum absolute atomic E-state index is 0.0214. The molecule has 1 heterocycles. The van der Waals surface area contributed by atoms with Crippen LogP contribution in [0.3, 0.4) is 0 Å². The summed E-state index contributed by atoms with van der Waals surface area (Å²) in [5.41, 5.74) is 3.17. The molecule has 116 valence electrons. The molecule has 0 aliphatic rings. The number of para-hydroxylation sites is 1. The normalized spacial score (nSPS) is 11.8. The molecule has 1 N–H and O–H groups in total. The second kappa shape index (κ2) is 6.98. The van der Waals surface area contributed by atoms with Crippen LogP contribution in [-0.4, -0.2) is 21.8 Å². The number of carboxylic acids is 1. The van der Waals surface area contributed by atoms with Gasteiger partial charge in [0.2, 0.25) is 0 Å². The smallest absolute Gasteiger partial charge is 0.313 e. The Kier molecular flexibility index (Phi) is 4.79. The summed E-state index contributed by atoms with van der Waals surface area (Å²) in [4.78, 5) is 16.5. The summed E-state index contributed by atoms with van der Waals surface area (Å²) in [7, 11) is 0. The van der Waals surface area contributed by atoms with Crippen LogP contribution in [0.1, 0.15) is 16.1 Å². The van der Waals surface area contributed by atoms with Gasteiger partial charge < -0.3 is 5.11 Å². The highest BCUT2D eigenvalue weighted by Crippen LogP contribution is 2.35. The van der Waals surface area contributed by atoms with Gasteiger partial charge in [0.1, 0.15) is 5.01 Å². The van der Waals surface area contributed by atoms with Gasteiger partial charge in [-0.15, -0.1) is 23.1 Å². The standard InChI is InChI=1S/C18H15NO2S2/c1-12-5-4-6-13(9-12)10-16(22-11-17(20)21)18-19-14-7-2-3-8-15(14)23-18/h2-10H,11H2,1H3,(H,20,21)/b16-10-. The van der Waals surface area contributed by atoms with E-state index in [4.69, 9.17) is 5.11 Å².